The maximum Gasteiger partial charge on any atom is 0.416 e. The lowest BCUT2D eigenvalue weighted by Crippen LogP contribution is -2.33. The lowest BCUT2D eigenvalue weighted by molar-refractivity contribution is -0.384. The van der Waals surface area contributed by atoms with E-state index in [1.54, 1.807) is 18.2 Å². The molecular weight excluding hydrogens is 453 g/mol. The molecule has 1 aliphatic heterocycles. The van der Waals surface area contributed by atoms with Crippen LogP contribution in [0, 0.1) is 10.1 Å². The van der Waals surface area contributed by atoms with Crippen LogP contribution in [0.15, 0.2) is 60.7 Å². The number of fused-ring (bicyclic) bond motifs is 1. The molecule has 9 heteroatoms. The van der Waals surface area contributed by atoms with Crippen molar-refractivity contribution in [3.63, 3.8) is 0 Å². The number of anilines is 2. The summed E-state index contributed by atoms with van der Waals surface area (Å²) >= 11 is 12.8. The summed E-state index contributed by atoms with van der Waals surface area (Å²) < 4.78 is 0. The minimum Gasteiger partial charge on any atom is -0.464 e. The van der Waals surface area contributed by atoms with E-state index in [2.05, 4.69) is 4.90 Å². The highest BCUT2D eigenvalue weighted by atomic mass is 35.5. The quantitative estimate of drug-likeness (QED) is 0.356. The Balaban J connectivity index is 1.86. The van der Waals surface area contributed by atoms with Crippen molar-refractivity contribution in [3.05, 3.63) is 97.5 Å². The number of nitrogens with zero attached hydrogens (tertiary/aromatic N) is 3. The minimum atomic E-state index is -1.19. The predicted molar refractivity (Wildman–Crippen MR) is 124 cm³/mol. The Hall–Kier alpha value is -3.13. The summed E-state index contributed by atoms with van der Waals surface area (Å²) in [5.74, 6) is -0.170. The zero-order valence-electron chi connectivity index (χ0n) is 17.0. The number of benzene rings is 3. The van der Waals surface area contributed by atoms with Crippen LogP contribution >= 0.6 is 23.2 Å². The molecule has 0 bridgehead atoms. The first-order valence-corrected chi connectivity index (χ1v) is 10.5. The number of rotatable bonds is 4. The van der Waals surface area contributed by atoms with Gasteiger partial charge in [0.2, 0.25) is 0 Å². The molecule has 3 aromatic rings. The van der Waals surface area contributed by atoms with Crippen molar-refractivity contribution >= 4 is 46.4 Å². The Labute approximate surface area is 194 Å². The summed E-state index contributed by atoms with van der Waals surface area (Å²) in [5.41, 5.74) is 3.38. The molecule has 0 aliphatic carbocycles. The van der Waals surface area contributed by atoms with Crippen molar-refractivity contribution in [2.24, 2.45) is 0 Å². The van der Waals surface area contributed by atoms with Crippen molar-refractivity contribution < 1.29 is 14.8 Å². The molecule has 1 N–H and O–H groups in total. The highest BCUT2D eigenvalue weighted by molar-refractivity contribution is 6.35. The standard InChI is InChI=1S/C23H19Cl2N3O4/c1-26-12-19(18-10-14(24)11-21(25)20(18)13-26)17-4-2-3-5-22(17)27(23(29)30)15-6-8-16(9-7-15)28(31)32/h2-11,19H,12-13H2,1H3,(H,29,30). The second-order valence-corrected chi connectivity index (χ2v) is 8.50. The van der Waals surface area contributed by atoms with Crippen LogP contribution < -0.4 is 4.90 Å². The van der Waals surface area contributed by atoms with Crippen molar-refractivity contribution in [2.45, 2.75) is 12.5 Å². The van der Waals surface area contributed by atoms with Gasteiger partial charge in [0, 0.05) is 41.2 Å². The van der Waals surface area contributed by atoms with Crippen LogP contribution in [-0.4, -0.2) is 34.6 Å². The molecule has 0 spiro atoms. The molecule has 3 aromatic carbocycles. The number of amides is 1. The van der Waals surface area contributed by atoms with Gasteiger partial charge in [0.15, 0.2) is 0 Å². The number of nitro groups is 1. The first-order chi connectivity index (χ1) is 15.3. The number of hydrogen-bond donors (Lipinski definition) is 1. The molecule has 0 saturated heterocycles. The number of halogens is 2. The van der Waals surface area contributed by atoms with Gasteiger partial charge in [0.05, 0.1) is 16.3 Å². The van der Waals surface area contributed by atoms with E-state index in [0.29, 0.717) is 34.5 Å². The number of nitro benzene ring substituents is 1. The third-order valence-electron chi connectivity index (χ3n) is 5.56. The summed E-state index contributed by atoms with van der Waals surface area (Å²) in [6, 6.07) is 16.3. The number of hydrogen-bond acceptors (Lipinski definition) is 4. The Morgan fingerprint density at radius 1 is 1.12 bits per heavy atom. The largest absolute Gasteiger partial charge is 0.464 e. The van der Waals surface area contributed by atoms with Crippen molar-refractivity contribution in [2.75, 3.05) is 18.5 Å². The Bertz CT molecular complexity index is 1200. The molecule has 1 unspecified atom stereocenters. The third kappa shape index (κ3) is 4.14. The van der Waals surface area contributed by atoms with Crippen LogP contribution in [-0.2, 0) is 6.54 Å². The molecule has 1 atom stereocenters. The zero-order valence-corrected chi connectivity index (χ0v) is 18.5. The Morgan fingerprint density at radius 3 is 2.47 bits per heavy atom. The molecule has 0 aromatic heterocycles. The van der Waals surface area contributed by atoms with Crippen molar-refractivity contribution in [1.29, 1.82) is 0 Å². The topological polar surface area (TPSA) is 86.9 Å². The molecule has 32 heavy (non-hydrogen) atoms. The summed E-state index contributed by atoms with van der Waals surface area (Å²) in [6.45, 7) is 1.31. The number of carboxylic acid groups (broad SMARTS) is 1. The Morgan fingerprint density at radius 2 is 1.81 bits per heavy atom. The van der Waals surface area contributed by atoms with Gasteiger partial charge in [0.1, 0.15) is 0 Å². The molecule has 1 heterocycles. The van der Waals surface area contributed by atoms with Gasteiger partial charge in [-0.3, -0.25) is 10.1 Å². The van der Waals surface area contributed by atoms with E-state index >= 15 is 0 Å². The minimum absolute atomic E-state index is 0.112. The lowest BCUT2D eigenvalue weighted by Gasteiger charge is -2.35. The van der Waals surface area contributed by atoms with E-state index in [4.69, 9.17) is 23.2 Å². The van der Waals surface area contributed by atoms with Gasteiger partial charge in [0.25, 0.3) is 5.69 Å². The van der Waals surface area contributed by atoms with E-state index in [-0.39, 0.29) is 11.6 Å². The average Bonchev–Trinajstić information content (AvgIpc) is 2.74. The molecular formula is C23H19Cl2N3O4. The second-order valence-electron chi connectivity index (χ2n) is 7.66. The number of para-hydroxylation sites is 1. The van der Waals surface area contributed by atoms with Crippen LogP contribution in [0.4, 0.5) is 21.9 Å². The first-order valence-electron chi connectivity index (χ1n) is 9.79. The van der Waals surface area contributed by atoms with Gasteiger partial charge in [-0.15, -0.1) is 0 Å². The fourth-order valence-electron chi connectivity index (χ4n) is 4.17. The maximum atomic E-state index is 12.3. The van der Waals surface area contributed by atoms with Gasteiger partial charge in [-0.2, -0.15) is 0 Å². The molecule has 4 rings (SSSR count). The molecule has 0 radical (unpaired) electrons. The second kappa shape index (κ2) is 8.78. The Kier molecular flexibility index (Phi) is 6.06. The van der Waals surface area contributed by atoms with Gasteiger partial charge in [-0.1, -0.05) is 41.4 Å². The summed E-state index contributed by atoms with van der Waals surface area (Å²) in [4.78, 5) is 26.1. The zero-order chi connectivity index (χ0) is 23.0. The third-order valence-corrected chi connectivity index (χ3v) is 6.11. The van der Waals surface area contributed by atoms with Crippen LogP contribution in [0.2, 0.25) is 10.0 Å². The van der Waals surface area contributed by atoms with E-state index in [9.17, 15) is 20.0 Å². The van der Waals surface area contributed by atoms with Crippen molar-refractivity contribution in [3.8, 4) is 0 Å². The van der Waals surface area contributed by atoms with Gasteiger partial charge >= 0.3 is 6.09 Å². The summed E-state index contributed by atoms with van der Waals surface area (Å²) in [5, 5.41) is 22.2. The predicted octanol–water partition coefficient (Wildman–Crippen LogP) is 6.30. The smallest absolute Gasteiger partial charge is 0.416 e. The highest BCUT2D eigenvalue weighted by Crippen LogP contribution is 2.42. The molecule has 7 nitrogen and oxygen atoms in total. The fraction of sp³-hybridized carbons (Fsp3) is 0.174. The van der Waals surface area contributed by atoms with Crippen LogP contribution in [0.3, 0.4) is 0 Å². The SMILES string of the molecule is CN1Cc2c(Cl)cc(Cl)cc2C(c2ccccc2N(C(=O)O)c2ccc([N+](=O)[O-])cc2)C1. The average molecular weight is 472 g/mol. The number of non-ortho nitro benzene ring substituents is 1. The molecule has 0 saturated carbocycles. The van der Waals surface area contributed by atoms with Crippen molar-refractivity contribution in [1.82, 2.24) is 4.90 Å². The number of likely N-dealkylation sites (N-methyl/N-ethyl adjacent to an activating group) is 1. The van der Waals surface area contributed by atoms with Gasteiger partial charge < -0.3 is 10.0 Å². The fourth-order valence-corrected chi connectivity index (χ4v) is 4.74. The van der Waals surface area contributed by atoms with Gasteiger partial charge in [-0.25, -0.2) is 9.69 Å². The van der Waals surface area contributed by atoms with E-state index in [0.717, 1.165) is 21.6 Å². The first kappa shape index (κ1) is 22.1. The monoisotopic (exact) mass is 471 g/mol. The van der Waals surface area contributed by atoms with Crippen LogP contribution in [0.1, 0.15) is 22.6 Å². The van der Waals surface area contributed by atoms with E-state index in [1.807, 2.05) is 25.2 Å². The van der Waals surface area contributed by atoms with Crippen LogP contribution in [0.5, 0.6) is 0 Å². The summed E-state index contributed by atoms with van der Waals surface area (Å²) in [7, 11) is 1.98. The molecule has 0 fully saturated rings. The number of carbonyl (C=O) groups is 1. The summed E-state index contributed by atoms with van der Waals surface area (Å²) in [6.07, 6.45) is -1.19. The maximum absolute atomic E-state index is 12.3. The molecule has 1 amide bonds. The lowest BCUT2D eigenvalue weighted by atomic mass is 9.83. The molecule has 164 valence electrons. The molecule has 1 aliphatic rings. The highest BCUT2D eigenvalue weighted by Gasteiger charge is 2.31. The van der Waals surface area contributed by atoms with E-state index < -0.39 is 11.0 Å². The van der Waals surface area contributed by atoms with Gasteiger partial charge in [-0.05, 0) is 54.1 Å². The normalized spacial score (nSPS) is 15.8. The van der Waals surface area contributed by atoms with E-state index in [1.165, 1.54) is 24.3 Å². The van der Waals surface area contributed by atoms with Crippen LogP contribution in [0.25, 0.3) is 0 Å².